The molecule has 1 fully saturated rings. The van der Waals surface area contributed by atoms with E-state index < -0.39 is 0 Å². The zero-order chi connectivity index (χ0) is 17.6. The van der Waals surface area contributed by atoms with Crippen molar-refractivity contribution in [3.8, 4) is 11.1 Å². The van der Waals surface area contributed by atoms with Crippen molar-refractivity contribution in [3.63, 3.8) is 0 Å². The fourth-order valence-corrected chi connectivity index (χ4v) is 3.81. The number of aryl methyl sites for hydroxylation is 1. The maximum atomic E-state index is 11.1. The van der Waals surface area contributed by atoms with Crippen molar-refractivity contribution in [1.82, 2.24) is 10.6 Å². The van der Waals surface area contributed by atoms with Gasteiger partial charge in [0.25, 0.3) is 0 Å². The fraction of sp³-hybridized carbons (Fsp3) is 0.409. The Morgan fingerprint density at radius 1 is 1.24 bits per heavy atom. The van der Waals surface area contributed by atoms with E-state index in [2.05, 4.69) is 60.0 Å². The molecule has 3 rings (SSSR count). The van der Waals surface area contributed by atoms with Gasteiger partial charge in [0, 0.05) is 20.0 Å². The lowest BCUT2D eigenvalue weighted by Gasteiger charge is -2.25. The average Bonchev–Trinajstić information content (AvgIpc) is 2.62. The lowest BCUT2D eigenvalue weighted by atomic mass is 9.86. The number of rotatable bonds is 5. The van der Waals surface area contributed by atoms with Crippen LogP contribution in [0, 0.1) is 6.92 Å². The van der Waals surface area contributed by atoms with E-state index in [1.165, 1.54) is 40.7 Å². The van der Waals surface area contributed by atoms with Crippen LogP contribution >= 0.6 is 0 Å². The minimum atomic E-state index is 0.0266. The van der Waals surface area contributed by atoms with Gasteiger partial charge in [-0.2, -0.15) is 0 Å². The molecule has 0 spiro atoms. The molecule has 2 N–H and O–H groups in total. The molecule has 2 aromatic rings. The van der Waals surface area contributed by atoms with Crippen molar-refractivity contribution in [2.75, 3.05) is 19.6 Å². The van der Waals surface area contributed by atoms with E-state index in [-0.39, 0.29) is 5.91 Å². The first-order valence-corrected chi connectivity index (χ1v) is 9.29. The van der Waals surface area contributed by atoms with Crippen LogP contribution in [0.4, 0.5) is 0 Å². The van der Waals surface area contributed by atoms with Gasteiger partial charge in [0.05, 0.1) is 0 Å². The highest BCUT2D eigenvalue weighted by atomic mass is 16.1. The molecule has 1 aliphatic heterocycles. The smallest absolute Gasteiger partial charge is 0.216 e. The van der Waals surface area contributed by atoms with E-state index >= 15 is 0 Å². The third kappa shape index (κ3) is 4.49. The molecule has 0 unspecified atom stereocenters. The molecular weight excluding hydrogens is 308 g/mol. The molecule has 1 aliphatic rings. The molecule has 25 heavy (non-hydrogen) atoms. The van der Waals surface area contributed by atoms with E-state index in [1.54, 1.807) is 6.92 Å². The van der Waals surface area contributed by atoms with Crippen molar-refractivity contribution in [2.45, 2.75) is 39.0 Å². The number of benzene rings is 2. The molecule has 1 amide bonds. The van der Waals surface area contributed by atoms with Gasteiger partial charge in [-0.1, -0.05) is 42.5 Å². The Balaban J connectivity index is 1.82. The summed E-state index contributed by atoms with van der Waals surface area (Å²) in [4.78, 5) is 11.1. The summed E-state index contributed by atoms with van der Waals surface area (Å²) in [5.74, 6) is 0.664. The van der Waals surface area contributed by atoms with Crippen molar-refractivity contribution >= 4 is 5.91 Å². The number of amides is 1. The van der Waals surface area contributed by atoms with Gasteiger partial charge in [-0.05, 0) is 66.5 Å². The molecule has 132 valence electrons. The van der Waals surface area contributed by atoms with Crippen molar-refractivity contribution in [2.24, 2.45) is 0 Å². The summed E-state index contributed by atoms with van der Waals surface area (Å²) in [5.41, 5.74) is 6.67. The highest BCUT2D eigenvalue weighted by molar-refractivity contribution is 5.73. The normalized spacial score (nSPS) is 17.3. The molecule has 1 heterocycles. The Labute approximate surface area is 150 Å². The van der Waals surface area contributed by atoms with Crippen LogP contribution in [0.15, 0.2) is 42.5 Å². The van der Waals surface area contributed by atoms with Gasteiger partial charge in [-0.25, -0.2) is 0 Å². The van der Waals surface area contributed by atoms with E-state index in [4.69, 9.17) is 0 Å². The Morgan fingerprint density at radius 3 is 2.80 bits per heavy atom. The first kappa shape index (κ1) is 17.7. The number of carbonyl (C=O) groups is 1. The maximum Gasteiger partial charge on any atom is 0.216 e. The van der Waals surface area contributed by atoms with Gasteiger partial charge < -0.3 is 10.6 Å². The fourth-order valence-electron chi connectivity index (χ4n) is 3.81. The van der Waals surface area contributed by atoms with Gasteiger partial charge in [-0.3, -0.25) is 4.79 Å². The average molecular weight is 336 g/mol. The third-order valence-corrected chi connectivity index (χ3v) is 5.10. The van der Waals surface area contributed by atoms with E-state index in [0.717, 1.165) is 19.5 Å². The van der Waals surface area contributed by atoms with Crippen molar-refractivity contribution in [3.05, 3.63) is 59.2 Å². The molecule has 1 atom stereocenters. The molecule has 1 saturated heterocycles. The summed E-state index contributed by atoms with van der Waals surface area (Å²) in [7, 11) is 0. The Kier molecular flexibility index (Phi) is 5.87. The van der Waals surface area contributed by atoms with Crippen LogP contribution in [0.2, 0.25) is 0 Å². The standard InChI is InChI=1S/C22H28N2O/c1-16-14-19(9-10-21(16)20-7-5-12-23-15-20)22-8-4-3-6-18(22)11-13-24-17(2)25/h3-4,6,8-10,14,20,23H,5,7,11-13,15H2,1-2H3,(H,24,25)/t20-/m1/s1. The quantitative estimate of drug-likeness (QED) is 0.872. The predicted molar refractivity (Wildman–Crippen MR) is 104 cm³/mol. The molecule has 0 saturated carbocycles. The van der Waals surface area contributed by atoms with Gasteiger partial charge in [0.2, 0.25) is 5.91 Å². The second-order valence-electron chi connectivity index (χ2n) is 7.00. The zero-order valence-corrected chi connectivity index (χ0v) is 15.3. The van der Waals surface area contributed by atoms with E-state index in [9.17, 15) is 4.79 Å². The largest absolute Gasteiger partial charge is 0.356 e. The third-order valence-electron chi connectivity index (χ3n) is 5.10. The molecule has 0 aromatic heterocycles. The summed E-state index contributed by atoms with van der Waals surface area (Å²) in [5, 5.41) is 6.40. The molecule has 3 heteroatoms. The van der Waals surface area contributed by atoms with Crippen LogP contribution in [0.5, 0.6) is 0 Å². The van der Waals surface area contributed by atoms with Gasteiger partial charge in [-0.15, -0.1) is 0 Å². The predicted octanol–water partition coefficient (Wildman–Crippen LogP) is 3.81. The number of carbonyl (C=O) groups excluding carboxylic acids is 1. The van der Waals surface area contributed by atoms with Crippen LogP contribution in [0.25, 0.3) is 11.1 Å². The van der Waals surface area contributed by atoms with E-state index in [1.807, 2.05) is 0 Å². The molecular formula is C22H28N2O. The van der Waals surface area contributed by atoms with Crippen LogP contribution in [-0.2, 0) is 11.2 Å². The van der Waals surface area contributed by atoms with Crippen LogP contribution in [0.3, 0.4) is 0 Å². The first-order valence-electron chi connectivity index (χ1n) is 9.29. The van der Waals surface area contributed by atoms with Crippen molar-refractivity contribution in [1.29, 1.82) is 0 Å². The topological polar surface area (TPSA) is 41.1 Å². The van der Waals surface area contributed by atoms with Crippen molar-refractivity contribution < 1.29 is 4.79 Å². The van der Waals surface area contributed by atoms with Crippen LogP contribution in [0.1, 0.15) is 42.4 Å². The maximum absolute atomic E-state index is 11.1. The molecule has 3 nitrogen and oxygen atoms in total. The highest BCUT2D eigenvalue weighted by Gasteiger charge is 2.17. The molecule has 0 aliphatic carbocycles. The van der Waals surface area contributed by atoms with Gasteiger partial charge >= 0.3 is 0 Å². The summed E-state index contributed by atoms with van der Waals surface area (Å²) in [6.07, 6.45) is 3.39. The number of hydrogen-bond donors (Lipinski definition) is 2. The molecule has 0 bridgehead atoms. The molecule has 0 radical (unpaired) electrons. The Morgan fingerprint density at radius 2 is 2.08 bits per heavy atom. The lowest BCUT2D eigenvalue weighted by molar-refractivity contribution is -0.118. The Bertz CT molecular complexity index is 733. The lowest BCUT2D eigenvalue weighted by Crippen LogP contribution is -2.28. The number of piperidine rings is 1. The summed E-state index contributed by atoms with van der Waals surface area (Å²) in [6.45, 7) is 6.71. The minimum absolute atomic E-state index is 0.0266. The summed E-state index contributed by atoms with van der Waals surface area (Å²) < 4.78 is 0. The summed E-state index contributed by atoms with van der Waals surface area (Å²) >= 11 is 0. The van der Waals surface area contributed by atoms with Gasteiger partial charge in [0.1, 0.15) is 0 Å². The zero-order valence-electron chi connectivity index (χ0n) is 15.3. The van der Waals surface area contributed by atoms with E-state index in [0.29, 0.717) is 12.5 Å². The monoisotopic (exact) mass is 336 g/mol. The first-order chi connectivity index (χ1) is 12.1. The Hall–Kier alpha value is -2.13. The SMILES string of the molecule is CC(=O)NCCc1ccccc1-c1ccc([C@@H]2CCCNC2)c(C)c1. The minimum Gasteiger partial charge on any atom is -0.356 e. The second kappa shape index (κ2) is 8.30. The second-order valence-corrected chi connectivity index (χ2v) is 7.00. The van der Waals surface area contributed by atoms with Crippen LogP contribution in [-0.4, -0.2) is 25.5 Å². The number of hydrogen-bond acceptors (Lipinski definition) is 2. The summed E-state index contributed by atoms with van der Waals surface area (Å²) in [6, 6.07) is 15.4. The molecule has 2 aromatic carbocycles. The van der Waals surface area contributed by atoms with Gasteiger partial charge in [0.15, 0.2) is 0 Å². The highest BCUT2D eigenvalue weighted by Crippen LogP contribution is 2.31. The van der Waals surface area contributed by atoms with Crippen LogP contribution < -0.4 is 10.6 Å². The number of nitrogens with one attached hydrogen (secondary N) is 2.